The van der Waals surface area contributed by atoms with E-state index < -0.39 is 23.3 Å². The van der Waals surface area contributed by atoms with Crippen LogP contribution in [0.4, 0.5) is 17.6 Å². The second-order valence-corrected chi connectivity index (χ2v) is 9.38. The van der Waals surface area contributed by atoms with Crippen LogP contribution in [0.5, 0.6) is 5.75 Å². The van der Waals surface area contributed by atoms with Gasteiger partial charge in [0.05, 0.1) is 6.61 Å². The Morgan fingerprint density at radius 1 is 0.771 bits per heavy atom. The van der Waals surface area contributed by atoms with Gasteiger partial charge in [-0.25, -0.2) is 13.2 Å². The molecule has 0 atom stereocenters. The first-order chi connectivity index (χ1) is 16.9. The average Bonchev–Trinajstić information content (AvgIpc) is 2.87. The summed E-state index contributed by atoms with van der Waals surface area (Å²) in [7, 11) is 0. The second kappa shape index (κ2) is 11.1. The predicted molar refractivity (Wildman–Crippen MR) is 132 cm³/mol. The number of unbranched alkanes of at least 4 members (excludes halogenated alkanes) is 1. The van der Waals surface area contributed by atoms with Crippen molar-refractivity contribution in [3.05, 3.63) is 90.0 Å². The zero-order valence-electron chi connectivity index (χ0n) is 19.9. The Hall–Kier alpha value is -3.08. The molecule has 3 aromatic carbocycles. The number of hydrogen-bond acceptors (Lipinski definition) is 1. The third kappa shape index (κ3) is 5.44. The lowest BCUT2D eigenvalue weighted by Crippen LogP contribution is -2.13. The van der Waals surface area contributed by atoms with E-state index in [1.807, 2.05) is 0 Å². The molecule has 1 fully saturated rings. The molecule has 1 saturated carbocycles. The van der Waals surface area contributed by atoms with Gasteiger partial charge in [0.2, 0.25) is 5.82 Å². The van der Waals surface area contributed by atoms with Crippen molar-refractivity contribution in [3.63, 3.8) is 0 Å². The summed E-state index contributed by atoms with van der Waals surface area (Å²) in [5, 5.41) is 0. The fourth-order valence-corrected chi connectivity index (χ4v) is 4.78. The molecule has 1 nitrogen and oxygen atoms in total. The van der Waals surface area contributed by atoms with E-state index in [9.17, 15) is 13.2 Å². The SMILES string of the molecule is C=CCCCOc1ccc(-c2ccc(-c3ccc(C4CCC(C)CC4)c(F)c3F)cc2)c(F)c1F. The van der Waals surface area contributed by atoms with E-state index in [1.54, 1.807) is 42.5 Å². The van der Waals surface area contributed by atoms with Crippen molar-refractivity contribution < 1.29 is 22.3 Å². The van der Waals surface area contributed by atoms with E-state index in [0.717, 1.165) is 32.1 Å². The highest BCUT2D eigenvalue weighted by molar-refractivity contribution is 5.71. The van der Waals surface area contributed by atoms with Crippen LogP contribution in [0, 0.1) is 29.2 Å². The van der Waals surface area contributed by atoms with E-state index in [2.05, 4.69) is 13.5 Å². The van der Waals surface area contributed by atoms with Crippen molar-refractivity contribution in [1.29, 1.82) is 0 Å². The van der Waals surface area contributed by atoms with E-state index in [1.165, 1.54) is 12.1 Å². The highest BCUT2D eigenvalue weighted by Crippen LogP contribution is 2.39. The summed E-state index contributed by atoms with van der Waals surface area (Å²) in [5.74, 6) is -3.19. The minimum atomic E-state index is -1.05. The first-order valence-corrected chi connectivity index (χ1v) is 12.2. The fourth-order valence-electron chi connectivity index (χ4n) is 4.78. The zero-order valence-corrected chi connectivity index (χ0v) is 19.9. The molecule has 184 valence electrons. The van der Waals surface area contributed by atoms with Crippen LogP contribution in [-0.4, -0.2) is 6.61 Å². The molecular formula is C30H30F4O. The summed E-state index contributed by atoms with van der Waals surface area (Å²) < 4.78 is 64.5. The quantitative estimate of drug-likeness (QED) is 0.177. The molecule has 0 radical (unpaired) electrons. The average molecular weight is 483 g/mol. The third-order valence-corrected chi connectivity index (χ3v) is 6.93. The highest BCUT2D eigenvalue weighted by atomic mass is 19.2. The van der Waals surface area contributed by atoms with Gasteiger partial charge in [0.15, 0.2) is 23.2 Å². The number of rotatable bonds is 8. The fraction of sp³-hybridized carbons (Fsp3) is 0.333. The number of ether oxygens (including phenoxy) is 1. The normalized spacial score (nSPS) is 17.9. The maximum Gasteiger partial charge on any atom is 0.201 e. The van der Waals surface area contributed by atoms with Gasteiger partial charge < -0.3 is 4.74 Å². The van der Waals surface area contributed by atoms with Crippen LogP contribution in [0.3, 0.4) is 0 Å². The van der Waals surface area contributed by atoms with Crippen molar-refractivity contribution >= 4 is 0 Å². The Balaban J connectivity index is 1.54. The number of hydrogen-bond donors (Lipinski definition) is 0. The summed E-state index contributed by atoms with van der Waals surface area (Å²) in [4.78, 5) is 0. The molecule has 0 N–H and O–H groups in total. The minimum absolute atomic E-state index is 0.0453. The standard InChI is InChI=1S/C30H30F4O/c1-3-4-5-18-35-26-17-16-25(29(33)30(26)34)22-12-10-21(11-13-22)24-15-14-23(27(31)28(24)32)20-8-6-19(2)7-9-20/h3,10-17,19-20H,1,4-9,18H2,2H3. The van der Waals surface area contributed by atoms with Crippen LogP contribution in [-0.2, 0) is 0 Å². The highest BCUT2D eigenvalue weighted by Gasteiger charge is 2.25. The molecule has 0 saturated heterocycles. The maximum absolute atomic E-state index is 15.0. The van der Waals surface area contributed by atoms with E-state index >= 15 is 4.39 Å². The van der Waals surface area contributed by atoms with E-state index in [0.29, 0.717) is 29.0 Å². The molecule has 0 aromatic heterocycles. The van der Waals surface area contributed by atoms with Crippen molar-refractivity contribution in [1.82, 2.24) is 0 Å². The van der Waals surface area contributed by atoms with Crippen LogP contribution in [0.2, 0.25) is 0 Å². The second-order valence-electron chi connectivity index (χ2n) is 9.38. The number of benzene rings is 3. The van der Waals surface area contributed by atoms with Gasteiger partial charge in [-0.3, -0.25) is 0 Å². The topological polar surface area (TPSA) is 9.23 Å². The van der Waals surface area contributed by atoms with Gasteiger partial charge in [0, 0.05) is 11.1 Å². The molecule has 0 spiro atoms. The monoisotopic (exact) mass is 482 g/mol. The number of allylic oxidation sites excluding steroid dienone is 1. The van der Waals surface area contributed by atoms with Crippen molar-refractivity contribution in [3.8, 4) is 28.0 Å². The van der Waals surface area contributed by atoms with Gasteiger partial charge in [-0.15, -0.1) is 6.58 Å². The molecule has 0 unspecified atom stereocenters. The third-order valence-electron chi connectivity index (χ3n) is 6.93. The smallest absolute Gasteiger partial charge is 0.201 e. The van der Waals surface area contributed by atoms with Crippen LogP contribution in [0.15, 0.2) is 61.2 Å². The summed E-state index contributed by atoms with van der Waals surface area (Å²) in [5.41, 5.74) is 1.56. The summed E-state index contributed by atoms with van der Waals surface area (Å²) >= 11 is 0. The lowest BCUT2D eigenvalue weighted by Gasteiger charge is -2.27. The molecule has 0 heterocycles. The Morgan fingerprint density at radius 2 is 1.34 bits per heavy atom. The molecule has 0 aliphatic heterocycles. The van der Waals surface area contributed by atoms with Gasteiger partial charge in [-0.1, -0.05) is 62.2 Å². The van der Waals surface area contributed by atoms with Crippen LogP contribution < -0.4 is 4.74 Å². The zero-order chi connectivity index (χ0) is 24.9. The predicted octanol–water partition coefficient (Wildman–Crippen LogP) is 9.22. The molecule has 0 bridgehead atoms. The first-order valence-electron chi connectivity index (χ1n) is 12.2. The molecule has 3 aromatic rings. The summed E-state index contributed by atoms with van der Waals surface area (Å²) in [6.45, 7) is 6.06. The van der Waals surface area contributed by atoms with Crippen LogP contribution in [0.25, 0.3) is 22.3 Å². The lowest BCUT2D eigenvalue weighted by atomic mass is 9.79. The Bertz CT molecular complexity index is 1180. The van der Waals surface area contributed by atoms with Gasteiger partial charge in [0.1, 0.15) is 0 Å². The largest absolute Gasteiger partial charge is 0.490 e. The molecular weight excluding hydrogens is 452 g/mol. The minimum Gasteiger partial charge on any atom is -0.490 e. The van der Waals surface area contributed by atoms with E-state index in [4.69, 9.17) is 4.74 Å². The Morgan fingerprint density at radius 3 is 1.94 bits per heavy atom. The Kier molecular flexibility index (Phi) is 7.94. The van der Waals surface area contributed by atoms with Crippen molar-refractivity contribution in [2.45, 2.75) is 51.4 Å². The molecule has 4 rings (SSSR count). The van der Waals surface area contributed by atoms with Gasteiger partial charge >= 0.3 is 0 Å². The maximum atomic E-state index is 15.0. The Labute approximate surface area is 204 Å². The molecule has 0 amide bonds. The van der Waals surface area contributed by atoms with Crippen molar-refractivity contribution in [2.24, 2.45) is 5.92 Å². The summed E-state index contributed by atoms with van der Waals surface area (Å²) in [6, 6.07) is 12.5. The first kappa shape index (κ1) is 25.0. The molecule has 35 heavy (non-hydrogen) atoms. The van der Waals surface area contributed by atoms with Crippen LogP contribution in [0.1, 0.15) is 56.9 Å². The number of halogens is 4. The lowest BCUT2D eigenvalue weighted by molar-refractivity contribution is 0.291. The van der Waals surface area contributed by atoms with Crippen molar-refractivity contribution in [2.75, 3.05) is 6.61 Å². The molecule has 1 aliphatic rings. The van der Waals surface area contributed by atoms with Gasteiger partial charge in [-0.2, -0.15) is 4.39 Å². The van der Waals surface area contributed by atoms with E-state index in [-0.39, 0.29) is 29.4 Å². The molecule has 1 aliphatic carbocycles. The molecule has 5 heteroatoms. The van der Waals surface area contributed by atoms with Gasteiger partial charge in [0.25, 0.3) is 0 Å². The van der Waals surface area contributed by atoms with Gasteiger partial charge in [-0.05, 0) is 66.3 Å². The van der Waals surface area contributed by atoms with Crippen LogP contribution >= 0.6 is 0 Å². The summed E-state index contributed by atoms with van der Waals surface area (Å²) in [6.07, 6.45) is 6.90.